The van der Waals surface area contributed by atoms with Crippen molar-refractivity contribution in [3.05, 3.63) is 0 Å². The van der Waals surface area contributed by atoms with Crippen LogP contribution in [0.3, 0.4) is 0 Å². The SMILES string of the molecule is CCOCCS(=O)(=O)N1CCC(CC)(C(=O)O)CC1. The Balaban J connectivity index is 2.60. The van der Waals surface area contributed by atoms with E-state index in [4.69, 9.17) is 4.74 Å². The van der Waals surface area contributed by atoms with Crippen molar-refractivity contribution in [1.29, 1.82) is 0 Å². The molecule has 0 amide bonds. The van der Waals surface area contributed by atoms with E-state index in [1.165, 1.54) is 4.31 Å². The van der Waals surface area contributed by atoms with E-state index in [1.54, 1.807) is 0 Å². The maximum absolute atomic E-state index is 12.0. The summed E-state index contributed by atoms with van der Waals surface area (Å²) in [5.41, 5.74) is -0.758. The second-order valence-electron chi connectivity index (χ2n) is 4.85. The van der Waals surface area contributed by atoms with Crippen LogP contribution < -0.4 is 0 Å². The summed E-state index contributed by atoms with van der Waals surface area (Å²) in [5.74, 6) is -0.853. The summed E-state index contributed by atoms with van der Waals surface area (Å²) in [6.07, 6.45) is 1.30. The zero-order chi connectivity index (χ0) is 14.5. The van der Waals surface area contributed by atoms with Crippen molar-refractivity contribution in [1.82, 2.24) is 4.31 Å². The number of aliphatic carboxylic acids is 1. The zero-order valence-electron chi connectivity index (χ0n) is 11.6. The fraction of sp³-hybridized carbons (Fsp3) is 0.917. The van der Waals surface area contributed by atoms with Crippen LogP contribution in [0.15, 0.2) is 0 Å². The van der Waals surface area contributed by atoms with Gasteiger partial charge in [0.25, 0.3) is 0 Å². The number of hydrogen-bond acceptors (Lipinski definition) is 4. The highest BCUT2D eigenvalue weighted by Crippen LogP contribution is 2.35. The summed E-state index contributed by atoms with van der Waals surface area (Å²) in [6.45, 7) is 4.91. The molecule has 6 nitrogen and oxygen atoms in total. The van der Waals surface area contributed by atoms with Gasteiger partial charge in [0.05, 0.1) is 17.8 Å². The molecule has 0 aromatic carbocycles. The number of carboxylic acids is 1. The number of sulfonamides is 1. The summed E-state index contributed by atoms with van der Waals surface area (Å²) in [4.78, 5) is 11.3. The van der Waals surface area contributed by atoms with Crippen LogP contribution in [0.2, 0.25) is 0 Å². The number of nitrogens with zero attached hydrogens (tertiary/aromatic N) is 1. The topological polar surface area (TPSA) is 83.9 Å². The minimum atomic E-state index is -3.32. The highest BCUT2D eigenvalue weighted by molar-refractivity contribution is 7.89. The minimum Gasteiger partial charge on any atom is -0.481 e. The average molecular weight is 293 g/mol. The van der Waals surface area contributed by atoms with E-state index in [-0.39, 0.29) is 25.4 Å². The number of carbonyl (C=O) groups is 1. The Morgan fingerprint density at radius 3 is 2.32 bits per heavy atom. The van der Waals surface area contributed by atoms with E-state index in [1.807, 2.05) is 13.8 Å². The Bertz CT molecular complexity index is 398. The van der Waals surface area contributed by atoms with Crippen LogP contribution in [0.4, 0.5) is 0 Å². The van der Waals surface area contributed by atoms with E-state index in [9.17, 15) is 18.3 Å². The summed E-state index contributed by atoms with van der Waals surface area (Å²) >= 11 is 0. The Kier molecular flexibility index (Phi) is 5.76. The van der Waals surface area contributed by atoms with Crippen LogP contribution in [0, 0.1) is 5.41 Å². The van der Waals surface area contributed by atoms with Gasteiger partial charge in [-0.15, -0.1) is 0 Å². The number of ether oxygens (including phenoxy) is 1. The monoisotopic (exact) mass is 293 g/mol. The third-order valence-corrected chi connectivity index (χ3v) is 5.73. The van der Waals surface area contributed by atoms with Crippen molar-refractivity contribution in [2.24, 2.45) is 5.41 Å². The molecule has 1 rings (SSSR count). The molecule has 1 fully saturated rings. The molecule has 0 bridgehead atoms. The van der Waals surface area contributed by atoms with Gasteiger partial charge in [0, 0.05) is 19.7 Å². The summed E-state index contributed by atoms with van der Waals surface area (Å²) < 4.78 is 30.5. The molecule has 1 saturated heterocycles. The quantitative estimate of drug-likeness (QED) is 0.706. The first-order valence-electron chi connectivity index (χ1n) is 6.67. The zero-order valence-corrected chi connectivity index (χ0v) is 12.4. The molecule has 0 saturated carbocycles. The molecular weight excluding hydrogens is 270 g/mol. The lowest BCUT2D eigenvalue weighted by molar-refractivity contribution is -0.151. The number of hydrogen-bond donors (Lipinski definition) is 1. The lowest BCUT2D eigenvalue weighted by Gasteiger charge is -2.37. The van der Waals surface area contributed by atoms with E-state index >= 15 is 0 Å². The van der Waals surface area contributed by atoms with Crippen LogP contribution in [0.5, 0.6) is 0 Å². The van der Waals surface area contributed by atoms with Gasteiger partial charge in [-0.05, 0) is 26.2 Å². The third kappa shape index (κ3) is 3.90. The number of rotatable bonds is 7. The molecule has 0 atom stereocenters. The molecule has 1 aliphatic rings. The molecule has 1 heterocycles. The highest BCUT2D eigenvalue weighted by Gasteiger charge is 2.42. The van der Waals surface area contributed by atoms with Gasteiger partial charge < -0.3 is 9.84 Å². The van der Waals surface area contributed by atoms with Crippen molar-refractivity contribution in [2.45, 2.75) is 33.1 Å². The van der Waals surface area contributed by atoms with Crippen LogP contribution >= 0.6 is 0 Å². The summed E-state index contributed by atoms with van der Waals surface area (Å²) in [5, 5.41) is 9.26. The van der Waals surface area contributed by atoms with Crippen molar-refractivity contribution in [3.63, 3.8) is 0 Å². The molecule has 0 aliphatic carbocycles. The predicted octanol–water partition coefficient (Wildman–Crippen LogP) is 0.929. The van der Waals surface area contributed by atoms with Crippen LogP contribution in [-0.2, 0) is 19.6 Å². The molecule has 112 valence electrons. The fourth-order valence-corrected chi connectivity index (χ4v) is 3.67. The molecule has 0 aromatic rings. The minimum absolute atomic E-state index is 0.0347. The van der Waals surface area contributed by atoms with Gasteiger partial charge in [0.1, 0.15) is 0 Å². The first kappa shape index (κ1) is 16.4. The summed E-state index contributed by atoms with van der Waals surface area (Å²) in [6, 6.07) is 0. The highest BCUT2D eigenvalue weighted by atomic mass is 32.2. The van der Waals surface area contributed by atoms with E-state index in [0.717, 1.165) is 0 Å². The van der Waals surface area contributed by atoms with Gasteiger partial charge in [0.15, 0.2) is 0 Å². The lowest BCUT2D eigenvalue weighted by Crippen LogP contribution is -2.47. The second kappa shape index (κ2) is 6.67. The summed E-state index contributed by atoms with van der Waals surface area (Å²) in [7, 11) is -3.32. The van der Waals surface area contributed by atoms with Gasteiger partial charge in [-0.2, -0.15) is 0 Å². The number of piperidine rings is 1. The Labute approximate surface area is 114 Å². The van der Waals surface area contributed by atoms with E-state index in [2.05, 4.69) is 0 Å². The molecule has 0 aromatic heterocycles. The maximum atomic E-state index is 12.0. The normalized spacial score (nSPS) is 20.3. The molecule has 7 heteroatoms. The molecular formula is C12H23NO5S. The van der Waals surface area contributed by atoms with Crippen LogP contribution in [0.25, 0.3) is 0 Å². The standard InChI is InChI=1S/C12H23NO5S/c1-3-12(11(14)15)5-7-13(8-6-12)19(16,17)10-9-18-4-2/h3-10H2,1-2H3,(H,14,15). The molecule has 19 heavy (non-hydrogen) atoms. The van der Waals surface area contributed by atoms with Gasteiger partial charge >= 0.3 is 5.97 Å². The van der Waals surface area contributed by atoms with Gasteiger partial charge in [0.2, 0.25) is 10.0 Å². The average Bonchev–Trinajstić information content (AvgIpc) is 2.38. The molecule has 0 unspecified atom stereocenters. The van der Waals surface area contributed by atoms with Crippen LogP contribution in [0.1, 0.15) is 33.1 Å². The lowest BCUT2D eigenvalue weighted by atomic mass is 9.77. The fourth-order valence-electron chi connectivity index (χ4n) is 2.35. The largest absolute Gasteiger partial charge is 0.481 e. The maximum Gasteiger partial charge on any atom is 0.309 e. The van der Waals surface area contributed by atoms with E-state index < -0.39 is 21.4 Å². The second-order valence-corrected chi connectivity index (χ2v) is 6.94. The Hall–Kier alpha value is -0.660. The van der Waals surface area contributed by atoms with Crippen molar-refractivity contribution in [2.75, 3.05) is 32.1 Å². The molecule has 0 spiro atoms. The van der Waals surface area contributed by atoms with Crippen LogP contribution in [-0.4, -0.2) is 55.9 Å². The molecule has 0 radical (unpaired) electrons. The molecule has 1 aliphatic heterocycles. The first-order valence-corrected chi connectivity index (χ1v) is 8.28. The van der Waals surface area contributed by atoms with Crippen molar-refractivity contribution >= 4 is 16.0 Å². The Morgan fingerprint density at radius 1 is 1.32 bits per heavy atom. The Morgan fingerprint density at radius 2 is 1.89 bits per heavy atom. The smallest absolute Gasteiger partial charge is 0.309 e. The number of carboxylic acid groups (broad SMARTS) is 1. The van der Waals surface area contributed by atoms with Crippen molar-refractivity contribution in [3.8, 4) is 0 Å². The van der Waals surface area contributed by atoms with Gasteiger partial charge in [-0.25, -0.2) is 12.7 Å². The van der Waals surface area contributed by atoms with Gasteiger partial charge in [-0.1, -0.05) is 6.92 Å². The van der Waals surface area contributed by atoms with Crippen molar-refractivity contribution < 1.29 is 23.1 Å². The van der Waals surface area contributed by atoms with E-state index in [0.29, 0.717) is 25.9 Å². The first-order chi connectivity index (χ1) is 8.88. The molecule has 1 N–H and O–H groups in total. The van der Waals surface area contributed by atoms with Gasteiger partial charge in [-0.3, -0.25) is 4.79 Å². The third-order valence-electron chi connectivity index (χ3n) is 3.89. The predicted molar refractivity (Wildman–Crippen MR) is 71.4 cm³/mol.